The van der Waals surface area contributed by atoms with Crippen molar-refractivity contribution in [3.8, 4) is 6.07 Å². The van der Waals surface area contributed by atoms with Gasteiger partial charge in [0, 0.05) is 61.6 Å². The molecule has 30 heavy (non-hydrogen) atoms. The second-order valence-electron chi connectivity index (χ2n) is 7.47. The van der Waals surface area contributed by atoms with Gasteiger partial charge in [0.1, 0.15) is 0 Å². The molecule has 1 fully saturated rings. The van der Waals surface area contributed by atoms with E-state index >= 15 is 0 Å². The van der Waals surface area contributed by atoms with Crippen molar-refractivity contribution in [2.75, 3.05) is 31.8 Å². The van der Waals surface area contributed by atoms with Crippen molar-refractivity contribution >= 4 is 32.7 Å². The molecular formula is C22H27N3O4S. The zero-order chi connectivity index (χ0) is 21.6. The van der Waals surface area contributed by atoms with Gasteiger partial charge in [-0.15, -0.1) is 0 Å². The minimum atomic E-state index is -3.08. The molecule has 0 radical (unpaired) electrons. The summed E-state index contributed by atoms with van der Waals surface area (Å²) < 4.78 is 30.9. The van der Waals surface area contributed by atoms with E-state index in [1.54, 1.807) is 18.1 Å². The highest BCUT2D eigenvalue weighted by Gasteiger charge is 2.33. The van der Waals surface area contributed by atoms with Gasteiger partial charge in [-0.25, -0.2) is 8.42 Å². The first-order valence-corrected chi connectivity index (χ1v) is 11.9. The van der Waals surface area contributed by atoms with Crippen LogP contribution in [0.4, 0.5) is 0 Å². The smallest absolute Gasteiger partial charge is 0.246 e. The second kappa shape index (κ2) is 9.92. The molecular weight excluding hydrogens is 402 g/mol. The molecule has 3 rings (SSSR count). The second-order valence-corrected chi connectivity index (χ2v) is 9.70. The molecule has 0 spiro atoms. The summed E-state index contributed by atoms with van der Waals surface area (Å²) in [6.07, 6.45) is 6.78. The van der Waals surface area contributed by atoms with Crippen molar-refractivity contribution in [2.45, 2.75) is 31.8 Å². The lowest BCUT2D eigenvalue weighted by atomic mass is 10.1. The number of sulfone groups is 1. The summed E-state index contributed by atoms with van der Waals surface area (Å²) in [7, 11) is -1.48. The largest absolute Gasteiger partial charge is 0.385 e. The Morgan fingerprint density at radius 2 is 2.20 bits per heavy atom. The van der Waals surface area contributed by atoms with Gasteiger partial charge in [0.05, 0.1) is 24.0 Å². The van der Waals surface area contributed by atoms with Gasteiger partial charge in [0.2, 0.25) is 5.91 Å². The van der Waals surface area contributed by atoms with Crippen molar-refractivity contribution in [1.29, 1.82) is 5.26 Å². The number of nitrogens with zero attached hydrogens (tertiary/aromatic N) is 3. The number of methoxy groups -OCH3 is 1. The molecule has 1 aliphatic rings. The van der Waals surface area contributed by atoms with E-state index in [-0.39, 0.29) is 23.5 Å². The van der Waals surface area contributed by atoms with E-state index in [1.165, 1.54) is 6.08 Å². The number of aryl methyl sites for hydroxylation is 1. The summed E-state index contributed by atoms with van der Waals surface area (Å²) in [4.78, 5) is 14.6. The van der Waals surface area contributed by atoms with E-state index in [9.17, 15) is 13.2 Å². The third kappa shape index (κ3) is 5.29. The molecule has 0 aliphatic carbocycles. The summed E-state index contributed by atoms with van der Waals surface area (Å²) in [5.74, 6) is -0.0449. The van der Waals surface area contributed by atoms with Gasteiger partial charge in [-0.3, -0.25) is 4.79 Å². The summed E-state index contributed by atoms with van der Waals surface area (Å²) in [6.45, 7) is 1.56. The molecule has 1 atom stereocenters. The maximum Gasteiger partial charge on any atom is 0.246 e. The normalized spacial score (nSPS) is 18.1. The monoisotopic (exact) mass is 429 g/mol. The maximum atomic E-state index is 13.0. The molecule has 8 heteroatoms. The first-order valence-electron chi connectivity index (χ1n) is 10.1. The summed E-state index contributed by atoms with van der Waals surface area (Å²) in [5.41, 5.74) is 1.91. The number of fused-ring (bicyclic) bond motifs is 1. The number of hydrogen-bond donors (Lipinski definition) is 0. The zero-order valence-electron chi connectivity index (χ0n) is 17.2. The molecule has 160 valence electrons. The van der Waals surface area contributed by atoms with Gasteiger partial charge in [-0.05, 0) is 25.0 Å². The molecule has 2 heterocycles. The Labute approximate surface area is 177 Å². The number of hydrogen-bond acceptors (Lipinski definition) is 5. The lowest BCUT2D eigenvalue weighted by Crippen LogP contribution is -2.41. The van der Waals surface area contributed by atoms with Crippen LogP contribution in [-0.2, 0) is 25.9 Å². The fraction of sp³-hybridized carbons (Fsp3) is 0.455. The van der Waals surface area contributed by atoms with E-state index in [4.69, 9.17) is 10.00 Å². The van der Waals surface area contributed by atoms with Gasteiger partial charge in [0.15, 0.2) is 9.84 Å². The maximum absolute atomic E-state index is 13.0. The van der Waals surface area contributed by atoms with E-state index in [0.29, 0.717) is 39.0 Å². The SMILES string of the molecule is COCCCN(C(=O)/C=C/c1cn(CCC#N)c2ccccc12)C1CCS(=O)(=O)C1. The van der Waals surface area contributed by atoms with Crippen LogP contribution in [0.25, 0.3) is 17.0 Å². The average Bonchev–Trinajstić information content (AvgIpc) is 3.27. The molecule has 1 aliphatic heterocycles. The number of aromatic nitrogens is 1. The van der Waals surface area contributed by atoms with Gasteiger partial charge < -0.3 is 14.2 Å². The Morgan fingerprint density at radius 3 is 2.90 bits per heavy atom. The standard InChI is InChI=1S/C22H27N3O4S/c1-29-14-5-13-25(19-10-15-30(27,28)17-19)22(26)9-8-18-16-24(12-4-11-23)21-7-3-2-6-20(18)21/h2-3,6-9,16,19H,4-5,10,12-15,17H2,1H3/b9-8+. The Hall–Kier alpha value is -2.63. The van der Waals surface area contributed by atoms with Crippen LogP contribution >= 0.6 is 0 Å². The van der Waals surface area contributed by atoms with Crippen LogP contribution in [-0.4, -0.2) is 61.6 Å². The van der Waals surface area contributed by atoms with Crippen molar-refractivity contribution in [1.82, 2.24) is 9.47 Å². The first kappa shape index (κ1) is 22.1. The Kier molecular flexibility index (Phi) is 7.29. The predicted octanol–water partition coefficient (Wildman–Crippen LogP) is 2.62. The summed E-state index contributed by atoms with van der Waals surface area (Å²) >= 11 is 0. The number of benzene rings is 1. The van der Waals surface area contributed by atoms with Gasteiger partial charge in [0.25, 0.3) is 0 Å². The van der Waals surface area contributed by atoms with Crippen molar-refractivity contribution < 1.29 is 17.9 Å². The fourth-order valence-corrected chi connectivity index (χ4v) is 5.62. The zero-order valence-corrected chi connectivity index (χ0v) is 18.0. The molecule has 1 unspecified atom stereocenters. The molecule has 1 aromatic heterocycles. The number of amides is 1. The highest BCUT2D eigenvalue weighted by molar-refractivity contribution is 7.91. The number of carbonyl (C=O) groups excluding carboxylic acids is 1. The highest BCUT2D eigenvalue weighted by atomic mass is 32.2. The van der Waals surface area contributed by atoms with Crippen LogP contribution in [0.5, 0.6) is 0 Å². The topological polar surface area (TPSA) is 92.4 Å². The minimum absolute atomic E-state index is 0.0209. The molecule has 1 saturated heterocycles. The van der Waals surface area contributed by atoms with Crippen LogP contribution in [0, 0.1) is 11.3 Å². The minimum Gasteiger partial charge on any atom is -0.385 e. The van der Waals surface area contributed by atoms with Crippen molar-refractivity contribution in [3.05, 3.63) is 42.1 Å². The van der Waals surface area contributed by atoms with E-state index in [2.05, 4.69) is 6.07 Å². The van der Waals surface area contributed by atoms with Gasteiger partial charge in [-0.2, -0.15) is 5.26 Å². The van der Waals surface area contributed by atoms with Crippen molar-refractivity contribution in [3.63, 3.8) is 0 Å². The first-order chi connectivity index (χ1) is 14.4. The van der Waals surface area contributed by atoms with E-state index < -0.39 is 9.84 Å². The molecule has 0 saturated carbocycles. The van der Waals surface area contributed by atoms with Gasteiger partial charge >= 0.3 is 0 Å². The van der Waals surface area contributed by atoms with Crippen LogP contribution < -0.4 is 0 Å². The Morgan fingerprint density at radius 1 is 1.40 bits per heavy atom. The molecule has 7 nitrogen and oxygen atoms in total. The van der Waals surface area contributed by atoms with Crippen LogP contribution in [0.2, 0.25) is 0 Å². The fourth-order valence-electron chi connectivity index (χ4n) is 3.89. The molecule has 2 aromatic rings. The number of rotatable bonds is 9. The number of carbonyl (C=O) groups is 1. The Bertz CT molecular complexity index is 1070. The van der Waals surface area contributed by atoms with Crippen LogP contribution in [0.1, 0.15) is 24.8 Å². The summed E-state index contributed by atoms with van der Waals surface area (Å²) in [5, 5.41) is 9.90. The third-order valence-electron chi connectivity index (χ3n) is 5.37. The van der Waals surface area contributed by atoms with E-state index in [0.717, 1.165) is 16.5 Å². The molecule has 0 bridgehead atoms. The third-order valence-corrected chi connectivity index (χ3v) is 7.12. The Balaban J connectivity index is 1.82. The number of nitriles is 1. The van der Waals surface area contributed by atoms with Crippen LogP contribution in [0.15, 0.2) is 36.5 Å². The van der Waals surface area contributed by atoms with E-state index in [1.807, 2.05) is 35.0 Å². The lowest BCUT2D eigenvalue weighted by molar-refractivity contribution is -0.127. The predicted molar refractivity (Wildman–Crippen MR) is 116 cm³/mol. The summed E-state index contributed by atoms with van der Waals surface area (Å²) in [6, 6.07) is 9.74. The van der Waals surface area contributed by atoms with Crippen LogP contribution in [0.3, 0.4) is 0 Å². The quantitative estimate of drug-likeness (QED) is 0.451. The van der Waals surface area contributed by atoms with Gasteiger partial charge in [-0.1, -0.05) is 18.2 Å². The van der Waals surface area contributed by atoms with Crippen molar-refractivity contribution in [2.24, 2.45) is 0 Å². The highest BCUT2D eigenvalue weighted by Crippen LogP contribution is 2.24. The molecule has 1 aromatic carbocycles. The number of para-hydroxylation sites is 1. The molecule has 1 amide bonds. The average molecular weight is 430 g/mol. The lowest BCUT2D eigenvalue weighted by Gasteiger charge is -2.27. The number of ether oxygens (including phenoxy) is 1. The molecule has 0 N–H and O–H groups in total.